The first-order valence-electron chi connectivity index (χ1n) is 7.60. The van der Waals surface area contributed by atoms with Crippen molar-refractivity contribution < 1.29 is 0 Å². The maximum absolute atomic E-state index is 4.50. The van der Waals surface area contributed by atoms with Crippen LogP contribution in [0.1, 0.15) is 18.1 Å². The average Bonchev–Trinajstić information content (AvgIpc) is 3.04. The Morgan fingerprint density at radius 2 is 2.14 bits per heavy atom. The SMILES string of the molecule is CCc1cccc(Nc2ncnc3ccc4c(c23)CCS4)c1. The number of anilines is 2. The Morgan fingerprint density at radius 3 is 3.05 bits per heavy atom. The standard InChI is InChI=1S/C18H17N3S/c1-2-12-4-3-5-13(10-12)21-18-17-14-8-9-22-16(14)7-6-15(17)19-11-20-18/h3-7,10-11H,2,8-9H2,1H3,(H,19,20,21). The molecule has 0 amide bonds. The molecule has 2 aromatic carbocycles. The summed E-state index contributed by atoms with van der Waals surface area (Å²) in [5, 5.41) is 4.66. The van der Waals surface area contributed by atoms with Gasteiger partial charge < -0.3 is 5.32 Å². The van der Waals surface area contributed by atoms with Gasteiger partial charge in [-0.2, -0.15) is 0 Å². The van der Waals surface area contributed by atoms with Crippen molar-refractivity contribution in [3.63, 3.8) is 0 Å². The van der Waals surface area contributed by atoms with Crippen LogP contribution in [0.25, 0.3) is 10.9 Å². The first-order valence-corrected chi connectivity index (χ1v) is 8.59. The monoisotopic (exact) mass is 307 g/mol. The number of nitrogens with zero attached hydrogens (tertiary/aromatic N) is 2. The van der Waals surface area contributed by atoms with E-state index in [-0.39, 0.29) is 0 Å². The molecule has 0 spiro atoms. The number of aryl methyl sites for hydroxylation is 2. The summed E-state index contributed by atoms with van der Waals surface area (Å²) in [5.41, 5.74) is 4.81. The van der Waals surface area contributed by atoms with Crippen molar-refractivity contribution in [2.24, 2.45) is 0 Å². The Morgan fingerprint density at radius 1 is 1.18 bits per heavy atom. The van der Waals surface area contributed by atoms with Crippen molar-refractivity contribution in [1.29, 1.82) is 0 Å². The fraction of sp³-hybridized carbons (Fsp3) is 0.222. The second-order valence-corrected chi connectivity index (χ2v) is 6.57. The number of hydrogen-bond donors (Lipinski definition) is 1. The normalized spacial score (nSPS) is 13.3. The van der Waals surface area contributed by atoms with E-state index in [4.69, 9.17) is 0 Å². The molecule has 110 valence electrons. The molecule has 1 aliphatic rings. The Hall–Kier alpha value is -2.07. The molecule has 0 atom stereocenters. The van der Waals surface area contributed by atoms with E-state index >= 15 is 0 Å². The summed E-state index contributed by atoms with van der Waals surface area (Å²) >= 11 is 1.92. The van der Waals surface area contributed by atoms with Crippen molar-refractivity contribution in [3.8, 4) is 0 Å². The maximum Gasteiger partial charge on any atom is 0.142 e. The minimum atomic E-state index is 0.914. The van der Waals surface area contributed by atoms with Crippen molar-refractivity contribution in [1.82, 2.24) is 9.97 Å². The number of fused-ring (bicyclic) bond motifs is 3. The predicted octanol–water partition coefficient (Wildman–Crippen LogP) is 4.58. The molecule has 2 heterocycles. The van der Waals surface area contributed by atoms with Crippen LogP contribution < -0.4 is 5.32 Å². The highest BCUT2D eigenvalue weighted by Gasteiger charge is 2.18. The summed E-state index contributed by atoms with van der Waals surface area (Å²) in [6.07, 6.45) is 3.77. The van der Waals surface area contributed by atoms with Crippen LogP contribution in [0.5, 0.6) is 0 Å². The first kappa shape index (κ1) is 13.6. The highest BCUT2D eigenvalue weighted by molar-refractivity contribution is 7.99. The van der Waals surface area contributed by atoms with Crippen molar-refractivity contribution in [2.45, 2.75) is 24.7 Å². The Kier molecular flexibility index (Phi) is 3.47. The summed E-state index contributed by atoms with van der Waals surface area (Å²) in [7, 11) is 0. The summed E-state index contributed by atoms with van der Waals surface area (Å²) < 4.78 is 0. The van der Waals surface area contributed by atoms with Gasteiger partial charge in [-0.05, 0) is 48.2 Å². The maximum atomic E-state index is 4.50. The molecule has 3 nitrogen and oxygen atoms in total. The second-order valence-electron chi connectivity index (χ2n) is 5.44. The molecule has 0 aliphatic carbocycles. The zero-order chi connectivity index (χ0) is 14.9. The van der Waals surface area contributed by atoms with E-state index in [1.165, 1.54) is 21.4 Å². The molecule has 0 saturated heterocycles. The largest absolute Gasteiger partial charge is 0.340 e. The molecule has 1 aromatic heterocycles. The highest BCUT2D eigenvalue weighted by Crippen LogP contribution is 2.38. The van der Waals surface area contributed by atoms with Crippen LogP contribution in [0.3, 0.4) is 0 Å². The lowest BCUT2D eigenvalue weighted by Gasteiger charge is -2.12. The second kappa shape index (κ2) is 5.61. The number of thioether (sulfide) groups is 1. The van der Waals surface area contributed by atoms with Crippen molar-refractivity contribution in [2.75, 3.05) is 11.1 Å². The molecule has 22 heavy (non-hydrogen) atoms. The zero-order valence-electron chi connectivity index (χ0n) is 12.5. The highest BCUT2D eigenvalue weighted by atomic mass is 32.2. The van der Waals surface area contributed by atoms with Gasteiger partial charge in [0.05, 0.1) is 5.52 Å². The minimum Gasteiger partial charge on any atom is -0.340 e. The van der Waals surface area contributed by atoms with Gasteiger partial charge in [-0.15, -0.1) is 11.8 Å². The lowest BCUT2D eigenvalue weighted by atomic mass is 10.1. The molecule has 3 aromatic rings. The van der Waals surface area contributed by atoms with Gasteiger partial charge in [-0.1, -0.05) is 19.1 Å². The van der Waals surface area contributed by atoms with E-state index < -0.39 is 0 Å². The summed E-state index contributed by atoms with van der Waals surface area (Å²) in [6, 6.07) is 12.8. The van der Waals surface area contributed by atoms with Gasteiger partial charge in [0, 0.05) is 21.7 Å². The quantitative estimate of drug-likeness (QED) is 0.768. The van der Waals surface area contributed by atoms with Crippen LogP contribution in [0.4, 0.5) is 11.5 Å². The number of nitrogens with one attached hydrogen (secondary N) is 1. The molecule has 0 fully saturated rings. The first-order chi connectivity index (χ1) is 10.8. The number of rotatable bonds is 3. The molecular weight excluding hydrogens is 290 g/mol. The van der Waals surface area contributed by atoms with Gasteiger partial charge >= 0.3 is 0 Å². The van der Waals surface area contributed by atoms with E-state index in [0.717, 1.165) is 35.6 Å². The van der Waals surface area contributed by atoms with Gasteiger partial charge in [-0.3, -0.25) is 0 Å². The van der Waals surface area contributed by atoms with Gasteiger partial charge in [0.2, 0.25) is 0 Å². The minimum absolute atomic E-state index is 0.914. The number of aromatic nitrogens is 2. The van der Waals surface area contributed by atoms with Gasteiger partial charge in [0.25, 0.3) is 0 Å². The van der Waals surface area contributed by atoms with Crippen LogP contribution in [-0.4, -0.2) is 15.7 Å². The van der Waals surface area contributed by atoms with Gasteiger partial charge in [-0.25, -0.2) is 9.97 Å². The lowest BCUT2D eigenvalue weighted by Crippen LogP contribution is -1.99. The molecule has 0 radical (unpaired) electrons. The van der Waals surface area contributed by atoms with E-state index in [9.17, 15) is 0 Å². The van der Waals surface area contributed by atoms with Gasteiger partial charge in [0.1, 0.15) is 12.1 Å². The molecule has 0 unspecified atom stereocenters. The third-order valence-electron chi connectivity index (χ3n) is 4.08. The molecule has 4 heteroatoms. The molecule has 0 saturated carbocycles. The third kappa shape index (κ3) is 2.33. The Balaban J connectivity index is 1.83. The molecule has 1 N–H and O–H groups in total. The van der Waals surface area contributed by atoms with Crippen molar-refractivity contribution >= 4 is 34.2 Å². The average molecular weight is 307 g/mol. The molecule has 1 aliphatic heterocycles. The smallest absolute Gasteiger partial charge is 0.142 e. The summed E-state index contributed by atoms with van der Waals surface area (Å²) in [5.74, 6) is 2.06. The topological polar surface area (TPSA) is 37.8 Å². The van der Waals surface area contributed by atoms with Crippen LogP contribution in [0.15, 0.2) is 47.6 Å². The van der Waals surface area contributed by atoms with Crippen LogP contribution in [-0.2, 0) is 12.8 Å². The summed E-state index contributed by atoms with van der Waals surface area (Å²) in [4.78, 5) is 10.3. The molecule has 0 bridgehead atoms. The van der Waals surface area contributed by atoms with Crippen LogP contribution >= 0.6 is 11.8 Å². The Labute approximate surface area is 134 Å². The molecule has 4 rings (SSSR count). The van der Waals surface area contributed by atoms with Crippen LogP contribution in [0.2, 0.25) is 0 Å². The van der Waals surface area contributed by atoms with Crippen molar-refractivity contribution in [3.05, 3.63) is 53.9 Å². The van der Waals surface area contributed by atoms with Gasteiger partial charge in [0.15, 0.2) is 0 Å². The predicted molar refractivity (Wildman–Crippen MR) is 93.1 cm³/mol. The zero-order valence-corrected chi connectivity index (χ0v) is 13.3. The molecular formula is C18H17N3S. The fourth-order valence-electron chi connectivity index (χ4n) is 2.95. The number of hydrogen-bond acceptors (Lipinski definition) is 4. The third-order valence-corrected chi connectivity index (χ3v) is 5.18. The summed E-state index contributed by atoms with van der Waals surface area (Å²) in [6.45, 7) is 2.17. The lowest BCUT2D eigenvalue weighted by molar-refractivity contribution is 1.13. The van der Waals surface area contributed by atoms with E-state index in [1.807, 2.05) is 11.8 Å². The fourth-order valence-corrected chi connectivity index (χ4v) is 4.02. The number of benzene rings is 2. The van der Waals surface area contributed by atoms with Crippen LogP contribution in [0, 0.1) is 0 Å². The van der Waals surface area contributed by atoms with E-state index in [0.29, 0.717) is 0 Å². The van der Waals surface area contributed by atoms with E-state index in [1.54, 1.807) is 6.33 Å². The van der Waals surface area contributed by atoms with E-state index in [2.05, 4.69) is 58.6 Å². The Bertz CT molecular complexity index is 845.